The number of anilines is 1. The van der Waals surface area contributed by atoms with Crippen LogP contribution in [-0.4, -0.2) is 47.0 Å². The number of nitrogens with two attached hydrogens (primary N) is 1. The molecule has 0 unspecified atom stereocenters. The van der Waals surface area contributed by atoms with Gasteiger partial charge in [-0.15, -0.1) is 0 Å². The van der Waals surface area contributed by atoms with Crippen LogP contribution in [0.1, 0.15) is 74.9 Å². The average molecular weight is 680 g/mol. The minimum atomic E-state index is -1.07. The van der Waals surface area contributed by atoms with E-state index in [0.717, 1.165) is 24.0 Å². The monoisotopic (exact) mass is 679 g/mol. The van der Waals surface area contributed by atoms with Gasteiger partial charge in [-0.1, -0.05) is 35.9 Å². The first kappa shape index (κ1) is 37.9. The predicted molar refractivity (Wildman–Crippen MR) is 186 cm³/mol. The molecule has 3 aromatic rings. The Bertz CT molecular complexity index is 1510. The molecule has 4 rings (SSSR count). The molecule has 0 saturated heterocycles. The third-order valence-corrected chi connectivity index (χ3v) is 7.98. The van der Waals surface area contributed by atoms with Crippen molar-refractivity contribution in [2.24, 2.45) is 11.8 Å². The lowest BCUT2D eigenvalue weighted by Gasteiger charge is -2.29. The van der Waals surface area contributed by atoms with Crippen molar-refractivity contribution in [3.8, 4) is 5.75 Å². The van der Waals surface area contributed by atoms with E-state index < -0.39 is 23.7 Å². The number of nitrogens with one attached hydrogen (secondary N) is 2. The number of benzene rings is 3. The first-order valence-electron chi connectivity index (χ1n) is 16.0. The van der Waals surface area contributed by atoms with Gasteiger partial charge in [0.15, 0.2) is 5.78 Å². The standard InChI is InChI=1S/C29H37ClN2O6.C8H9NO/c1-29(2,3)38-28(36)31-17-20-7-11-22(12-8-20)26(33)32-25(27(34)35)16-19-9-13-24(14-10-19)37-18-21-5-4-6-23(30)15-21;1-6(10)7-2-4-8(9)5-3-7/h4-6,9-10,13-15,20,22,25H,7-8,11-12,16-18H2,1-3H3,(H,31,36)(H,32,33)(H,34,35);2-5H,9H2,1H3/t20-,22-,25-;/m0./s1. The van der Waals surface area contributed by atoms with Gasteiger partial charge in [0.1, 0.15) is 24.0 Å². The molecule has 1 aliphatic rings. The van der Waals surface area contributed by atoms with E-state index in [4.69, 9.17) is 26.8 Å². The zero-order chi connectivity index (χ0) is 35.3. The van der Waals surface area contributed by atoms with Crippen LogP contribution in [0.15, 0.2) is 72.8 Å². The second kappa shape index (κ2) is 18.1. The summed E-state index contributed by atoms with van der Waals surface area (Å²) < 4.78 is 11.0. The van der Waals surface area contributed by atoms with Crippen molar-refractivity contribution < 1.29 is 33.8 Å². The number of carboxylic acids is 1. The molecule has 0 aromatic heterocycles. The molecule has 48 heavy (non-hydrogen) atoms. The average Bonchev–Trinajstić information content (AvgIpc) is 3.03. The Labute approximate surface area is 287 Å². The molecule has 0 bridgehead atoms. The highest BCUT2D eigenvalue weighted by atomic mass is 35.5. The zero-order valence-electron chi connectivity index (χ0n) is 28.0. The van der Waals surface area contributed by atoms with E-state index >= 15 is 0 Å². The van der Waals surface area contributed by atoms with Crippen LogP contribution in [0.4, 0.5) is 10.5 Å². The third-order valence-electron chi connectivity index (χ3n) is 7.74. The van der Waals surface area contributed by atoms with Gasteiger partial charge < -0.3 is 30.9 Å². The molecule has 11 heteroatoms. The Balaban J connectivity index is 0.000000533. The number of rotatable bonds is 11. The molecule has 1 fully saturated rings. The Morgan fingerprint density at radius 2 is 1.58 bits per heavy atom. The zero-order valence-corrected chi connectivity index (χ0v) is 28.7. The first-order valence-corrected chi connectivity index (χ1v) is 16.4. The Morgan fingerprint density at radius 1 is 0.938 bits per heavy atom. The van der Waals surface area contributed by atoms with Crippen LogP contribution in [-0.2, 0) is 27.4 Å². The summed E-state index contributed by atoms with van der Waals surface area (Å²) in [4.78, 5) is 47.3. The van der Waals surface area contributed by atoms with E-state index in [0.29, 0.717) is 48.0 Å². The molecule has 2 amide bonds. The van der Waals surface area contributed by atoms with Crippen molar-refractivity contribution in [2.45, 2.75) is 78.0 Å². The number of carbonyl (C=O) groups is 4. The Kier molecular flexibility index (Phi) is 14.3. The molecular formula is C37H46ClN3O7. The number of aliphatic carboxylic acids is 1. The lowest BCUT2D eigenvalue weighted by molar-refractivity contribution is -0.142. The van der Waals surface area contributed by atoms with Gasteiger partial charge in [-0.25, -0.2) is 9.59 Å². The summed E-state index contributed by atoms with van der Waals surface area (Å²) in [6, 6.07) is 20.5. The van der Waals surface area contributed by atoms with E-state index in [2.05, 4.69) is 10.6 Å². The molecule has 1 atom stereocenters. The summed E-state index contributed by atoms with van der Waals surface area (Å²) in [6.07, 6.45) is 2.59. The number of alkyl carbamates (subject to hydrolysis) is 1. The molecule has 1 saturated carbocycles. The van der Waals surface area contributed by atoms with Gasteiger partial charge in [-0.3, -0.25) is 9.59 Å². The number of Topliss-reactive ketones (excluding diaryl/α,β-unsaturated/α-hetero) is 1. The summed E-state index contributed by atoms with van der Waals surface area (Å²) in [5.74, 6) is -0.562. The number of carbonyl (C=O) groups excluding carboxylic acids is 3. The predicted octanol–water partition coefficient (Wildman–Crippen LogP) is 6.83. The Hall–Kier alpha value is -4.57. The van der Waals surface area contributed by atoms with Crippen LogP contribution in [0.5, 0.6) is 5.75 Å². The normalized spacial score (nSPS) is 16.4. The first-order chi connectivity index (χ1) is 22.7. The lowest BCUT2D eigenvalue weighted by atomic mass is 9.81. The summed E-state index contributed by atoms with van der Waals surface area (Å²) in [5, 5.41) is 15.9. The number of hydrogen-bond donors (Lipinski definition) is 4. The quantitative estimate of drug-likeness (QED) is 0.127. The summed E-state index contributed by atoms with van der Waals surface area (Å²) >= 11 is 6.00. The van der Waals surface area contributed by atoms with E-state index in [1.807, 2.05) is 39.0 Å². The second-order valence-electron chi connectivity index (χ2n) is 12.9. The van der Waals surface area contributed by atoms with Gasteiger partial charge in [0.05, 0.1) is 0 Å². The van der Waals surface area contributed by atoms with Crippen molar-refractivity contribution in [1.82, 2.24) is 10.6 Å². The SMILES string of the molecule is CC(=O)c1ccc(N)cc1.CC(C)(C)OC(=O)NC[C@H]1CC[C@H](C(=O)N[C@@H](Cc2ccc(OCc3cccc(Cl)c3)cc2)C(=O)O)CC1. The van der Waals surface area contributed by atoms with Gasteiger partial charge in [0, 0.05) is 35.2 Å². The largest absolute Gasteiger partial charge is 0.489 e. The van der Waals surface area contributed by atoms with Crippen LogP contribution in [0.3, 0.4) is 0 Å². The molecule has 0 aliphatic heterocycles. The molecule has 258 valence electrons. The number of nitrogen functional groups attached to an aromatic ring is 1. The number of hydrogen-bond acceptors (Lipinski definition) is 7. The van der Waals surface area contributed by atoms with Crippen LogP contribution >= 0.6 is 11.6 Å². The Morgan fingerprint density at radius 3 is 2.15 bits per heavy atom. The third kappa shape index (κ3) is 13.7. The molecular weight excluding hydrogens is 634 g/mol. The van der Waals surface area contributed by atoms with Gasteiger partial charge in [-0.2, -0.15) is 0 Å². The van der Waals surface area contributed by atoms with Crippen LogP contribution < -0.4 is 21.1 Å². The van der Waals surface area contributed by atoms with Gasteiger partial charge in [0.2, 0.25) is 5.91 Å². The van der Waals surface area contributed by atoms with Crippen LogP contribution in [0.25, 0.3) is 0 Å². The fraction of sp³-hybridized carbons (Fsp3) is 0.405. The van der Waals surface area contributed by atoms with Crippen molar-refractivity contribution in [3.63, 3.8) is 0 Å². The highest BCUT2D eigenvalue weighted by Crippen LogP contribution is 2.29. The maximum absolute atomic E-state index is 12.8. The fourth-order valence-corrected chi connectivity index (χ4v) is 5.34. The molecule has 0 spiro atoms. The molecule has 5 N–H and O–H groups in total. The van der Waals surface area contributed by atoms with Crippen molar-refractivity contribution in [1.29, 1.82) is 0 Å². The summed E-state index contributed by atoms with van der Waals surface area (Å²) in [5.41, 5.74) is 7.99. The smallest absolute Gasteiger partial charge is 0.407 e. The number of halogens is 1. The van der Waals surface area contributed by atoms with Crippen LogP contribution in [0.2, 0.25) is 5.02 Å². The van der Waals surface area contributed by atoms with Crippen molar-refractivity contribution >= 4 is 41.0 Å². The summed E-state index contributed by atoms with van der Waals surface area (Å²) in [7, 11) is 0. The maximum Gasteiger partial charge on any atom is 0.407 e. The number of carboxylic acid groups (broad SMARTS) is 1. The number of ether oxygens (including phenoxy) is 2. The van der Waals surface area contributed by atoms with E-state index in [-0.39, 0.29) is 29.9 Å². The minimum absolute atomic E-state index is 0.0694. The molecule has 0 radical (unpaired) electrons. The van der Waals surface area contributed by atoms with E-state index in [9.17, 15) is 24.3 Å². The highest BCUT2D eigenvalue weighted by Gasteiger charge is 2.30. The number of ketones is 1. The van der Waals surface area contributed by atoms with E-state index in [1.165, 1.54) is 6.92 Å². The van der Waals surface area contributed by atoms with Gasteiger partial charge in [0.25, 0.3) is 0 Å². The lowest BCUT2D eigenvalue weighted by Crippen LogP contribution is -2.46. The van der Waals surface area contributed by atoms with Crippen molar-refractivity contribution in [3.05, 3.63) is 94.5 Å². The van der Waals surface area contributed by atoms with Crippen molar-refractivity contribution in [2.75, 3.05) is 12.3 Å². The molecule has 0 heterocycles. The second-order valence-corrected chi connectivity index (χ2v) is 13.4. The minimum Gasteiger partial charge on any atom is -0.489 e. The topological polar surface area (TPSA) is 157 Å². The van der Waals surface area contributed by atoms with Gasteiger partial charge in [-0.05, 0) is 119 Å². The highest BCUT2D eigenvalue weighted by molar-refractivity contribution is 6.30. The number of amides is 2. The van der Waals surface area contributed by atoms with E-state index in [1.54, 1.807) is 54.6 Å². The van der Waals surface area contributed by atoms with Gasteiger partial charge >= 0.3 is 12.1 Å². The molecule has 10 nitrogen and oxygen atoms in total. The molecule has 3 aromatic carbocycles. The summed E-state index contributed by atoms with van der Waals surface area (Å²) in [6.45, 7) is 7.84. The molecule has 1 aliphatic carbocycles. The van der Waals surface area contributed by atoms with Crippen LogP contribution in [0, 0.1) is 11.8 Å². The fourth-order valence-electron chi connectivity index (χ4n) is 5.13. The maximum atomic E-state index is 12.8.